The van der Waals surface area contributed by atoms with Crippen molar-refractivity contribution in [3.63, 3.8) is 0 Å². The summed E-state index contributed by atoms with van der Waals surface area (Å²) >= 11 is 0. The second-order valence-electron chi connectivity index (χ2n) is 3.78. The first-order valence-electron chi connectivity index (χ1n) is 5.39. The molecule has 0 radical (unpaired) electrons. The summed E-state index contributed by atoms with van der Waals surface area (Å²) in [4.78, 5) is 0. The monoisotopic (exact) mass is 216 g/mol. The van der Waals surface area contributed by atoms with Crippen molar-refractivity contribution in [2.45, 2.75) is 44.7 Å². The Morgan fingerprint density at radius 3 is 2.14 bits per heavy atom. The van der Waals surface area contributed by atoms with Crippen LogP contribution in [-0.2, 0) is 8.85 Å². The molecule has 84 valence electrons. The molecule has 14 heavy (non-hydrogen) atoms. The third-order valence-corrected chi connectivity index (χ3v) is 5.64. The molecule has 0 heterocycles. The summed E-state index contributed by atoms with van der Waals surface area (Å²) in [6.07, 6.45) is 8.20. The fourth-order valence-electron chi connectivity index (χ4n) is 1.38. The zero-order chi connectivity index (χ0) is 10.9. The van der Waals surface area contributed by atoms with Crippen LogP contribution in [0, 0.1) is 0 Å². The molecule has 0 fully saturated rings. The van der Waals surface area contributed by atoms with Gasteiger partial charge in [0.1, 0.15) is 0 Å². The summed E-state index contributed by atoms with van der Waals surface area (Å²) in [5, 5.41) is 0. The van der Waals surface area contributed by atoms with E-state index in [1.807, 2.05) is 6.08 Å². The molecule has 0 aliphatic heterocycles. The number of unbranched alkanes of at least 4 members (excludes halogenated alkanes) is 4. The standard InChI is InChI=1S/C11H24O2Si/c1-5-6-7-8-9-10-11-14(4,12-2)13-3/h5H,1,6-11H2,2-4H3. The largest absolute Gasteiger partial charge is 0.398 e. The van der Waals surface area contributed by atoms with Crippen LogP contribution in [0.1, 0.15) is 32.1 Å². The molecular weight excluding hydrogens is 192 g/mol. The minimum Gasteiger partial charge on any atom is -0.398 e. The molecule has 0 N–H and O–H groups in total. The highest BCUT2D eigenvalue weighted by Gasteiger charge is 2.27. The van der Waals surface area contributed by atoms with Gasteiger partial charge in [-0.3, -0.25) is 0 Å². The van der Waals surface area contributed by atoms with Crippen LogP contribution in [0.3, 0.4) is 0 Å². The fraction of sp³-hybridized carbons (Fsp3) is 0.818. The van der Waals surface area contributed by atoms with Crippen LogP contribution in [0.15, 0.2) is 12.7 Å². The second kappa shape index (κ2) is 8.21. The summed E-state index contributed by atoms with van der Waals surface area (Å²) in [5.74, 6) is 0. The predicted octanol–water partition coefficient (Wildman–Crippen LogP) is 3.49. The van der Waals surface area contributed by atoms with E-state index >= 15 is 0 Å². The van der Waals surface area contributed by atoms with E-state index < -0.39 is 8.56 Å². The van der Waals surface area contributed by atoms with E-state index in [4.69, 9.17) is 8.85 Å². The SMILES string of the molecule is C=CCCCCCC[Si](C)(OC)OC. The van der Waals surface area contributed by atoms with Crippen molar-refractivity contribution in [1.82, 2.24) is 0 Å². The molecule has 0 spiro atoms. The smallest absolute Gasteiger partial charge is 0.334 e. The number of rotatable bonds is 9. The normalized spacial score (nSPS) is 11.6. The van der Waals surface area contributed by atoms with Crippen LogP contribution in [0.5, 0.6) is 0 Å². The van der Waals surface area contributed by atoms with E-state index in [1.165, 1.54) is 25.7 Å². The van der Waals surface area contributed by atoms with Gasteiger partial charge in [0.05, 0.1) is 0 Å². The average molecular weight is 216 g/mol. The van der Waals surface area contributed by atoms with Gasteiger partial charge in [0.25, 0.3) is 0 Å². The van der Waals surface area contributed by atoms with E-state index in [2.05, 4.69) is 13.1 Å². The van der Waals surface area contributed by atoms with Crippen LogP contribution in [0.2, 0.25) is 12.6 Å². The van der Waals surface area contributed by atoms with Crippen LogP contribution in [-0.4, -0.2) is 22.8 Å². The number of hydrogen-bond acceptors (Lipinski definition) is 2. The quantitative estimate of drug-likeness (QED) is 0.334. The summed E-state index contributed by atoms with van der Waals surface area (Å²) < 4.78 is 10.8. The molecule has 3 heteroatoms. The van der Waals surface area contributed by atoms with E-state index in [-0.39, 0.29) is 0 Å². The third kappa shape index (κ3) is 6.35. The zero-order valence-corrected chi connectivity index (χ0v) is 10.8. The lowest BCUT2D eigenvalue weighted by molar-refractivity contribution is 0.248. The van der Waals surface area contributed by atoms with Crippen molar-refractivity contribution in [1.29, 1.82) is 0 Å². The lowest BCUT2D eigenvalue weighted by Crippen LogP contribution is -2.35. The maximum Gasteiger partial charge on any atom is 0.334 e. The van der Waals surface area contributed by atoms with Gasteiger partial charge in [-0.25, -0.2) is 0 Å². The number of hydrogen-bond donors (Lipinski definition) is 0. The Morgan fingerprint density at radius 2 is 1.64 bits per heavy atom. The minimum absolute atomic E-state index is 1.11. The van der Waals surface area contributed by atoms with Crippen molar-refractivity contribution in [3.8, 4) is 0 Å². The van der Waals surface area contributed by atoms with Gasteiger partial charge in [-0.2, -0.15) is 0 Å². The van der Waals surface area contributed by atoms with Crippen molar-refractivity contribution < 1.29 is 8.85 Å². The Balaban J connectivity index is 3.38. The summed E-state index contributed by atoms with van der Waals surface area (Å²) in [5.41, 5.74) is 0. The highest BCUT2D eigenvalue weighted by atomic mass is 28.4. The highest BCUT2D eigenvalue weighted by Crippen LogP contribution is 2.16. The van der Waals surface area contributed by atoms with Crippen molar-refractivity contribution >= 4 is 8.56 Å². The summed E-state index contributed by atoms with van der Waals surface area (Å²) in [7, 11) is 1.73. The maximum atomic E-state index is 5.42. The molecule has 0 aliphatic carbocycles. The van der Waals surface area contributed by atoms with Crippen LogP contribution >= 0.6 is 0 Å². The van der Waals surface area contributed by atoms with E-state index in [9.17, 15) is 0 Å². The number of allylic oxidation sites excluding steroid dienone is 1. The zero-order valence-electron chi connectivity index (χ0n) is 9.84. The third-order valence-electron chi connectivity index (χ3n) is 2.65. The molecule has 0 amide bonds. The van der Waals surface area contributed by atoms with Crippen LogP contribution < -0.4 is 0 Å². The first-order valence-corrected chi connectivity index (χ1v) is 7.92. The molecule has 0 aromatic rings. The van der Waals surface area contributed by atoms with Crippen molar-refractivity contribution in [2.75, 3.05) is 14.2 Å². The van der Waals surface area contributed by atoms with Crippen LogP contribution in [0.25, 0.3) is 0 Å². The van der Waals surface area contributed by atoms with E-state index in [0.717, 1.165) is 12.5 Å². The Hall–Kier alpha value is -0.123. The van der Waals surface area contributed by atoms with Gasteiger partial charge in [-0.1, -0.05) is 25.3 Å². The topological polar surface area (TPSA) is 18.5 Å². The van der Waals surface area contributed by atoms with Gasteiger partial charge in [-0.15, -0.1) is 6.58 Å². The molecule has 0 rings (SSSR count). The molecule has 0 aromatic carbocycles. The van der Waals surface area contributed by atoms with Crippen molar-refractivity contribution in [2.24, 2.45) is 0 Å². The fourth-order valence-corrected chi connectivity index (χ4v) is 2.84. The summed E-state index contributed by atoms with van der Waals surface area (Å²) in [6, 6.07) is 1.11. The minimum atomic E-state index is -1.79. The Labute approximate surface area is 89.6 Å². The van der Waals surface area contributed by atoms with E-state index in [1.54, 1.807) is 14.2 Å². The van der Waals surface area contributed by atoms with Gasteiger partial charge in [0.2, 0.25) is 0 Å². The lowest BCUT2D eigenvalue weighted by atomic mass is 10.1. The Kier molecular flexibility index (Phi) is 8.13. The maximum absolute atomic E-state index is 5.42. The van der Waals surface area contributed by atoms with E-state index in [0.29, 0.717) is 0 Å². The molecule has 0 unspecified atom stereocenters. The first kappa shape index (κ1) is 13.9. The Morgan fingerprint density at radius 1 is 1.07 bits per heavy atom. The second-order valence-corrected chi connectivity index (χ2v) is 7.37. The van der Waals surface area contributed by atoms with Gasteiger partial charge in [-0.05, 0) is 25.4 Å². The predicted molar refractivity (Wildman–Crippen MR) is 63.7 cm³/mol. The molecule has 0 atom stereocenters. The summed E-state index contributed by atoms with van der Waals surface area (Å²) in [6.45, 7) is 5.83. The molecule has 0 aromatic heterocycles. The molecule has 0 saturated heterocycles. The van der Waals surface area contributed by atoms with Gasteiger partial charge in [0.15, 0.2) is 0 Å². The average Bonchev–Trinajstić information content (AvgIpc) is 2.23. The van der Waals surface area contributed by atoms with Gasteiger partial charge in [0, 0.05) is 14.2 Å². The molecule has 2 nitrogen and oxygen atoms in total. The van der Waals surface area contributed by atoms with Gasteiger partial charge >= 0.3 is 8.56 Å². The Bertz CT molecular complexity index is 144. The van der Waals surface area contributed by atoms with Crippen molar-refractivity contribution in [3.05, 3.63) is 12.7 Å². The van der Waals surface area contributed by atoms with Crippen LogP contribution in [0.4, 0.5) is 0 Å². The lowest BCUT2D eigenvalue weighted by Gasteiger charge is -2.22. The highest BCUT2D eigenvalue weighted by molar-refractivity contribution is 6.65. The van der Waals surface area contributed by atoms with Gasteiger partial charge < -0.3 is 8.85 Å². The molecule has 0 bridgehead atoms. The molecule has 0 aliphatic rings. The molecular formula is C11H24O2Si. The molecule has 0 saturated carbocycles. The first-order chi connectivity index (χ1) is 6.68.